The fourth-order valence-electron chi connectivity index (χ4n) is 4.33. The third-order valence-electron chi connectivity index (χ3n) is 5.85. The first-order valence-electron chi connectivity index (χ1n) is 9.92. The number of nitrogens with one attached hydrogen (secondary N) is 1. The van der Waals surface area contributed by atoms with Crippen molar-refractivity contribution in [3.8, 4) is 0 Å². The van der Waals surface area contributed by atoms with Gasteiger partial charge in [0.1, 0.15) is 18.0 Å². The second kappa shape index (κ2) is 8.16. The van der Waals surface area contributed by atoms with Crippen molar-refractivity contribution < 1.29 is 4.39 Å². The third-order valence-corrected chi connectivity index (χ3v) is 5.85. The lowest BCUT2D eigenvalue weighted by atomic mass is 9.95. The second-order valence-corrected chi connectivity index (χ2v) is 7.54. The minimum absolute atomic E-state index is 0.125. The Bertz CT molecular complexity index is 702. The van der Waals surface area contributed by atoms with Crippen LogP contribution in [-0.2, 0) is 6.54 Å². The van der Waals surface area contributed by atoms with Gasteiger partial charge in [-0.25, -0.2) is 4.39 Å². The summed E-state index contributed by atoms with van der Waals surface area (Å²) in [6.07, 6.45) is 10.4. The molecule has 2 heterocycles. The number of hydrogen-bond donors (Lipinski definition) is 1. The first kappa shape index (κ1) is 17.5. The summed E-state index contributed by atoms with van der Waals surface area (Å²) in [6, 6.07) is 8.08. The van der Waals surface area contributed by atoms with E-state index in [0.29, 0.717) is 12.1 Å². The van der Waals surface area contributed by atoms with E-state index in [-0.39, 0.29) is 5.82 Å². The van der Waals surface area contributed by atoms with Gasteiger partial charge in [0.15, 0.2) is 0 Å². The molecule has 1 saturated heterocycles. The summed E-state index contributed by atoms with van der Waals surface area (Å²) >= 11 is 0. The van der Waals surface area contributed by atoms with E-state index in [4.69, 9.17) is 0 Å². The van der Waals surface area contributed by atoms with E-state index in [2.05, 4.69) is 25.0 Å². The molecule has 1 aromatic heterocycles. The molecule has 2 aliphatic rings. The molecule has 1 saturated carbocycles. The Labute approximate surface area is 154 Å². The minimum Gasteiger partial charge on any atom is -0.369 e. The molecule has 0 amide bonds. The van der Waals surface area contributed by atoms with E-state index in [1.807, 2.05) is 18.5 Å². The van der Waals surface area contributed by atoms with Gasteiger partial charge in [-0.3, -0.25) is 0 Å². The van der Waals surface area contributed by atoms with Crippen LogP contribution in [0.4, 0.5) is 10.1 Å². The summed E-state index contributed by atoms with van der Waals surface area (Å²) < 4.78 is 16.2. The Kier molecular flexibility index (Phi) is 5.48. The highest BCUT2D eigenvalue weighted by atomic mass is 19.1. The lowest BCUT2D eigenvalue weighted by Crippen LogP contribution is -2.42. The first-order valence-corrected chi connectivity index (χ1v) is 9.92. The monoisotopic (exact) mass is 357 g/mol. The molecular formula is C20H28FN5. The maximum absolute atomic E-state index is 14.0. The Morgan fingerprint density at radius 2 is 1.81 bits per heavy atom. The first-order chi connectivity index (χ1) is 12.8. The van der Waals surface area contributed by atoms with Crippen LogP contribution >= 0.6 is 0 Å². The highest BCUT2D eigenvalue weighted by Crippen LogP contribution is 2.28. The van der Waals surface area contributed by atoms with Crippen LogP contribution in [0.3, 0.4) is 0 Å². The van der Waals surface area contributed by atoms with Crippen LogP contribution < -0.4 is 10.2 Å². The van der Waals surface area contributed by atoms with Gasteiger partial charge in [-0.2, -0.15) is 0 Å². The lowest BCUT2D eigenvalue weighted by Gasteiger charge is -2.34. The maximum Gasteiger partial charge on any atom is 0.147 e. The molecule has 4 rings (SSSR count). The van der Waals surface area contributed by atoms with Gasteiger partial charge in [-0.15, -0.1) is 10.2 Å². The summed E-state index contributed by atoms with van der Waals surface area (Å²) in [5.41, 5.74) is 0.725. The van der Waals surface area contributed by atoms with Crippen LogP contribution in [0.1, 0.15) is 56.8 Å². The van der Waals surface area contributed by atoms with E-state index in [1.165, 1.54) is 38.2 Å². The van der Waals surface area contributed by atoms with Crippen LogP contribution in [0.5, 0.6) is 0 Å². The number of benzene rings is 1. The van der Waals surface area contributed by atoms with Crippen molar-refractivity contribution in [3.63, 3.8) is 0 Å². The van der Waals surface area contributed by atoms with Gasteiger partial charge in [-0.1, -0.05) is 31.4 Å². The zero-order chi connectivity index (χ0) is 17.8. The van der Waals surface area contributed by atoms with E-state index in [0.717, 1.165) is 44.0 Å². The minimum atomic E-state index is -0.125. The quantitative estimate of drug-likeness (QED) is 0.887. The summed E-state index contributed by atoms with van der Waals surface area (Å²) in [4.78, 5) is 2.15. The molecule has 1 N–H and O–H groups in total. The van der Waals surface area contributed by atoms with Crippen molar-refractivity contribution in [1.82, 2.24) is 20.1 Å². The van der Waals surface area contributed by atoms with Crippen molar-refractivity contribution in [2.24, 2.45) is 0 Å². The van der Waals surface area contributed by atoms with Gasteiger partial charge in [-0.05, 0) is 37.8 Å². The highest BCUT2D eigenvalue weighted by molar-refractivity contribution is 5.47. The van der Waals surface area contributed by atoms with Gasteiger partial charge in [0.25, 0.3) is 0 Å². The molecule has 5 nitrogen and oxygen atoms in total. The fourth-order valence-corrected chi connectivity index (χ4v) is 4.33. The molecule has 2 fully saturated rings. The summed E-state index contributed by atoms with van der Waals surface area (Å²) in [7, 11) is 0. The van der Waals surface area contributed by atoms with Crippen molar-refractivity contribution in [3.05, 3.63) is 42.2 Å². The van der Waals surface area contributed by atoms with Gasteiger partial charge in [0.2, 0.25) is 0 Å². The van der Waals surface area contributed by atoms with Crippen LogP contribution in [0.2, 0.25) is 0 Å². The normalized spacial score (nSPS) is 19.8. The predicted molar refractivity (Wildman–Crippen MR) is 101 cm³/mol. The van der Waals surface area contributed by atoms with Gasteiger partial charge < -0.3 is 14.8 Å². The lowest BCUT2D eigenvalue weighted by molar-refractivity contribution is 0.337. The Balaban J connectivity index is 1.29. The maximum atomic E-state index is 14.0. The fraction of sp³-hybridized carbons (Fsp3) is 0.600. The molecule has 2 aromatic rings. The van der Waals surface area contributed by atoms with Crippen molar-refractivity contribution in [2.45, 2.75) is 63.6 Å². The van der Waals surface area contributed by atoms with E-state index in [1.54, 1.807) is 6.07 Å². The molecule has 0 atom stereocenters. The Morgan fingerprint density at radius 1 is 1.04 bits per heavy atom. The van der Waals surface area contributed by atoms with Gasteiger partial charge in [0, 0.05) is 25.2 Å². The molecule has 140 valence electrons. The van der Waals surface area contributed by atoms with Crippen LogP contribution in [0.15, 0.2) is 30.6 Å². The molecule has 0 unspecified atom stereocenters. The van der Waals surface area contributed by atoms with Crippen LogP contribution in [-0.4, -0.2) is 33.9 Å². The average Bonchev–Trinajstić information content (AvgIpc) is 3.17. The zero-order valence-corrected chi connectivity index (χ0v) is 15.3. The molecular weight excluding hydrogens is 329 g/mol. The zero-order valence-electron chi connectivity index (χ0n) is 15.3. The van der Waals surface area contributed by atoms with E-state index >= 15 is 0 Å². The average molecular weight is 357 g/mol. The van der Waals surface area contributed by atoms with Gasteiger partial charge >= 0.3 is 0 Å². The smallest absolute Gasteiger partial charge is 0.147 e. The molecule has 1 aliphatic heterocycles. The van der Waals surface area contributed by atoms with Crippen molar-refractivity contribution in [1.29, 1.82) is 0 Å². The summed E-state index contributed by atoms with van der Waals surface area (Å²) in [5, 5.41) is 12.1. The molecule has 1 aliphatic carbocycles. The van der Waals surface area contributed by atoms with Crippen molar-refractivity contribution in [2.75, 3.05) is 18.0 Å². The number of piperidine rings is 1. The summed E-state index contributed by atoms with van der Waals surface area (Å²) in [6.45, 7) is 2.53. The molecule has 0 bridgehead atoms. The van der Waals surface area contributed by atoms with Crippen LogP contribution in [0.25, 0.3) is 0 Å². The van der Waals surface area contributed by atoms with E-state index in [9.17, 15) is 4.39 Å². The summed E-state index contributed by atoms with van der Waals surface area (Å²) in [5.74, 6) is 0.924. The molecule has 26 heavy (non-hydrogen) atoms. The molecule has 0 radical (unpaired) electrons. The SMILES string of the molecule is Fc1ccccc1N1CCC(NCc2nncn2C2CCCCC2)CC1. The third kappa shape index (κ3) is 3.90. The number of hydrogen-bond acceptors (Lipinski definition) is 4. The Hall–Kier alpha value is -1.95. The van der Waals surface area contributed by atoms with Gasteiger partial charge in [0.05, 0.1) is 12.2 Å². The second-order valence-electron chi connectivity index (χ2n) is 7.54. The van der Waals surface area contributed by atoms with E-state index < -0.39 is 0 Å². The molecule has 0 spiro atoms. The number of nitrogens with zero attached hydrogens (tertiary/aromatic N) is 4. The number of aromatic nitrogens is 3. The number of rotatable bonds is 5. The largest absolute Gasteiger partial charge is 0.369 e. The number of para-hydroxylation sites is 1. The van der Waals surface area contributed by atoms with Crippen LogP contribution in [0, 0.1) is 5.82 Å². The highest BCUT2D eigenvalue weighted by Gasteiger charge is 2.22. The standard InChI is InChI=1S/C20H28FN5/c21-18-8-4-5-9-19(18)25-12-10-16(11-13-25)22-14-20-24-23-15-26(20)17-6-2-1-3-7-17/h4-5,8-9,15-17,22H,1-3,6-7,10-14H2. The molecule has 6 heteroatoms. The number of anilines is 1. The predicted octanol–water partition coefficient (Wildman–Crippen LogP) is 3.68. The van der Waals surface area contributed by atoms with Crippen molar-refractivity contribution >= 4 is 5.69 Å². The number of halogens is 1. The Morgan fingerprint density at radius 3 is 2.58 bits per heavy atom. The topological polar surface area (TPSA) is 46.0 Å². The molecule has 1 aromatic carbocycles.